The number of nitrogens with zero attached hydrogens (tertiary/aromatic N) is 1. The summed E-state index contributed by atoms with van der Waals surface area (Å²) in [6.07, 6.45) is 0. The fraction of sp³-hybridized carbons (Fsp3) is 0.154. The molecular formula is C13H15N3S. The number of amidine groups is 1. The molecule has 0 unspecified atom stereocenters. The summed E-state index contributed by atoms with van der Waals surface area (Å²) in [5.74, 6) is 0.108. The molecule has 88 valence electrons. The van der Waals surface area contributed by atoms with Gasteiger partial charge in [-0.3, -0.25) is 5.41 Å². The van der Waals surface area contributed by atoms with Crippen molar-refractivity contribution in [2.24, 2.45) is 5.73 Å². The summed E-state index contributed by atoms with van der Waals surface area (Å²) in [6, 6.07) is 9.86. The van der Waals surface area contributed by atoms with Gasteiger partial charge in [0, 0.05) is 24.8 Å². The van der Waals surface area contributed by atoms with Crippen molar-refractivity contribution >= 4 is 22.9 Å². The Labute approximate surface area is 105 Å². The van der Waals surface area contributed by atoms with Crippen LogP contribution in [0.5, 0.6) is 0 Å². The number of thiophene rings is 1. The van der Waals surface area contributed by atoms with Crippen molar-refractivity contribution in [3.05, 3.63) is 52.2 Å². The van der Waals surface area contributed by atoms with Crippen LogP contribution in [0.4, 0.5) is 5.69 Å². The van der Waals surface area contributed by atoms with Crippen molar-refractivity contribution < 1.29 is 0 Å². The van der Waals surface area contributed by atoms with Crippen LogP contribution in [0, 0.1) is 5.41 Å². The standard InChI is InChI=1S/C13H15N3S/c1-16(8-10-6-7-17-9-10)12-4-2-11(3-5-12)13(14)15/h2-7,9H,8H2,1H3,(H3,14,15). The number of nitrogens with two attached hydrogens (primary N) is 1. The van der Waals surface area contributed by atoms with Crippen LogP contribution in [0.25, 0.3) is 0 Å². The van der Waals surface area contributed by atoms with Gasteiger partial charge in [0.2, 0.25) is 0 Å². The third-order valence-corrected chi connectivity index (χ3v) is 3.35. The summed E-state index contributed by atoms with van der Waals surface area (Å²) in [5.41, 5.74) is 8.62. The van der Waals surface area contributed by atoms with Gasteiger partial charge in [0.05, 0.1) is 0 Å². The molecule has 4 heteroatoms. The molecular weight excluding hydrogens is 230 g/mol. The Morgan fingerprint density at radius 3 is 2.53 bits per heavy atom. The summed E-state index contributed by atoms with van der Waals surface area (Å²) in [7, 11) is 2.06. The van der Waals surface area contributed by atoms with E-state index < -0.39 is 0 Å². The second-order valence-electron chi connectivity index (χ2n) is 3.95. The van der Waals surface area contributed by atoms with Crippen LogP contribution >= 0.6 is 11.3 Å². The normalized spacial score (nSPS) is 10.2. The highest BCUT2D eigenvalue weighted by Gasteiger charge is 2.03. The number of rotatable bonds is 4. The molecule has 0 aliphatic carbocycles. The van der Waals surface area contributed by atoms with Crippen molar-refractivity contribution in [1.29, 1.82) is 5.41 Å². The Morgan fingerprint density at radius 1 is 1.29 bits per heavy atom. The second-order valence-corrected chi connectivity index (χ2v) is 4.73. The van der Waals surface area contributed by atoms with E-state index in [9.17, 15) is 0 Å². The number of hydrogen-bond donors (Lipinski definition) is 2. The third kappa shape index (κ3) is 2.85. The first kappa shape index (κ1) is 11.7. The molecule has 2 aromatic rings. The van der Waals surface area contributed by atoms with Crippen LogP contribution in [-0.4, -0.2) is 12.9 Å². The lowest BCUT2D eigenvalue weighted by molar-refractivity contribution is 0.927. The molecule has 0 bridgehead atoms. The van der Waals surface area contributed by atoms with Gasteiger partial charge in [-0.2, -0.15) is 11.3 Å². The predicted octanol–water partition coefficient (Wildman–Crippen LogP) is 2.67. The maximum absolute atomic E-state index is 7.34. The minimum absolute atomic E-state index is 0.108. The van der Waals surface area contributed by atoms with Gasteiger partial charge in [0.1, 0.15) is 5.84 Å². The summed E-state index contributed by atoms with van der Waals surface area (Å²) >= 11 is 1.71. The van der Waals surface area contributed by atoms with Gasteiger partial charge in [0.15, 0.2) is 0 Å². The van der Waals surface area contributed by atoms with E-state index in [0.29, 0.717) is 0 Å². The summed E-state index contributed by atoms with van der Waals surface area (Å²) in [4.78, 5) is 2.17. The minimum atomic E-state index is 0.108. The number of hydrogen-bond acceptors (Lipinski definition) is 3. The van der Waals surface area contributed by atoms with Crippen LogP contribution in [-0.2, 0) is 6.54 Å². The number of anilines is 1. The molecule has 0 spiro atoms. The number of benzene rings is 1. The highest BCUT2D eigenvalue weighted by atomic mass is 32.1. The molecule has 1 aromatic carbocycles. The van der Waals surface area contributed by atoms with Crippen LogP contribution in [0.1, 0.15) is 11.1 Å². The van der Waals surface area contributed by atoms with Crippen molar-refractivity contribution in [3.8, 4) is 0 Å². The number of nitrogens with one attached hydrogen (secondary N) is 1. The molecule has 1 aromatic heterocycles. The van der Waals surface area contributed by atoms with Crippen LogP contribution in [0.3, 0.4) is 0 Å². The fourth-order valence-electron chi connectivity index (χ4n) is 1.64. The molecule has 3 nitrogen and oxygen atoms in total. The first-order valence-corrected chi connectivity index (χ1v) is 6.28. The highest BCUT2D eigenvalue weighted by Crippen LogP contribution is 2.17. The Bertz CT molecular complexity index is 488. The Morgan fingerprint density at radius 2 is 2.00 bits per heavy atom. The molecule has 0 aliphatic heterocycles. The van der Waals surface area contributed by atoms with E-state index >= 15 is 0 Å². The molecule has 0 amide bonds. The largest absolute Gasteiger partial charge is 0.384 e. The van der Waals surface area contributed by atoms with Gasteiger partial charge in [-0.15, -0.1) is 0 Å². The van der Waals surface area contributed by atoms with Gasteiger partial charge < -0.3 is 10.6 Å². The van der Waals surface area contributed by atoms with E-state index in [1.165, 1.54) is 5.56 Å². The van der Waals surface area contributed by atoms with E-state index in [1.807, 2.05) is 24.3 Å². The molecule has 0 saturated carbocycles. The maximum Gasteiger partial charge on any atom is 0.122 e. The summed E-state index contributed by atoms with van der Waals surface area (Å²) in [6.45, 7) is 0.892. The molecule has 3 N–H and O–H groups in total. The zero-order valence-electron chi connectivity index (χ0n) is 9.68. The lowest BCUT2D eigenvalue weighted by Crippen LogP contribution is -2.16. The Kier molecular flexibility index (Phi) is 3.44. The highest BCUT2D eigenvalue weighted by molar-refractivity contribution is 7.07. The topological polar surface area (TPSA) is 53.1 Å². The molecule has 1 heterocycles. The lowest BCUT2D eigenvalue weighted by Gasteiger charge is -2.18. The Hall–Kier alpha value is -1.81. The lowest BCUT2D eigenvalue weighted by atomic mass is 10.2. The molecule has 0 aliphatic rings. The zero-order valence-corrected chi connectivity index (χ0v) is 10.5. The second kappa shape index (κ2) is 5.01. The van der Waals surface area contributed by atoms with E-state index in [-0.39, 0.29) is 5.84 Å². The van der Waals surface area contributed by atoms with Gasteiger partial charge in [-0.05, 0) is 46.7 Å². The quantitative estimate of drug-likeness (QED) is 0.642. The van der Waals surface area contributed by atoms with E-state index in [2.05, 4.69) is 28.8 Å². The van der Waals surface area contributed by atoms with Gasteiger partial charge in [-0.25, -0.2) is 0 Å². The first-order valence-electron chi connectivity index (χ1n) is 5.33. The first-order chi connectivity index (χ1) is 8.16. The fourth-order valence-corrected chi connectivity index (χ4v) is 2.30. The minimum Gasteiger partial charge on any atom is -0.384 e. The summed E-state index contributed by atoms with van der Waals surface area (Å²) in [5, 5.41) is 11.6. The molecule has 0 fully saturated rings. The van der Waals surface area contributed by atoms with Gasteiger partial charge >= 0.3 is 0 Å². The SMILES string of the molecule is CN(Cc1ccsc1)c1ccc(C(=N)N)cc1. The summed E-state index contributed by atoms with van der Waals surface area (Å²) < 4.78 is 0. The van der Waals surface area contributed by atoms with Crippen LogP contribution in [0.15, 0.2) is 41.1 Å². The smallest absolute Gasteiger partial charge is 0.122 e. The molecule has 0 saturated heterocycles. The molecule has 0 radical (unpaired) electrons. The van der Waals surface area contributed by atoms with Crippen molar-refractivity contribution in [2.45, 2.75) is 6.54 Å². The van der Waals surface area contributed by atoms with E-state index in [4.69, 9.17) is 11.1 Å². The zero-order chi connectivity index (χ0) is 12.3. The van der Waals surface area contributed by atoms with Crippen molar-refractivity contribution in [1.82, 2.24) is 0 Å². The predicted molar refractivity (Wildman–Crippen MR) is 73.9 cm³/mol. The van der Waals surface area contributed by atoms with Gasteiger partial charge in [-0.1, -0.05) is 0 Å². The van der Waals surface area contributed by atoms with Gasteiger partial charge in [0.25, 0.3) is 0 Å². The van der Waals surface area contributed by atoms with E-state index in [1.54, 1.807) is 11.3 Å². The third-order valence-electron chi connectivity index (χ3n) is 2.62. The van der Waals surface area contributed by atoms with Crippen LogP contribution in [0.2, 0.25) is 0 Å². The van der Waals surface area contributed by atoms with E-state index in [0.717, 1.165) is 17.8 Å². The number of nitrogen functional groups attached to an aromatic ring is 1. The van der Waals surface area contributed by atoms with Crippen molar-refractivity contribution in [3.63, 3.8) is 0 Å². The molecule has 0 atom stereocenters. The average molecular weight is 245 g/mol. The molecule has 17 heavy (non-hydrogen) atoms. The van der Waals surface area contributed by atoms with Crippen LogP contribution < -0.4 is 10.6 Å². The Balaban J connectivity index is 2.09. The molecule has 2 rings (SSSR count). The average Bonchev–Trinajstić information content (AvgIpc) is 2.82. The monoisotopic (exact) mass is 245 g/mol. The maximum atomic E-state index is 7.34. The van der Waals surface area contributed by atoms with Crippen molar-refractivity contribution in [2.75, 3.05) is 11.9 Å².